The fourth-order valence-electron chi connectivity index (χ4n) is 2.56. The molecule has 0 spiro atoms. The minimum atomic E-state index is -4.31. The van der Waals surface area contributed by atoms with Crippen LogP contribution in [-0.4, -0.2) is 24.9 Å². The summed E-state index contributed by atoms with van der Waals surface area (Å²) in [5.41, 5.74) is 0.237. The van der Waals surface area contributed by atoms with E-state index in [1.165, 1.54) is 30.8 Å². The van der Waals surface area contributed by atoms with Gasteiger partial charge in [-0.1, -0.05) is 25.3 Å². The molecule has 7 nitrogen and oxygen atoms in total. The molecular formula is C16H19N3O4S. The Kier molecular flexibility index (Phi) is 5.95. The minimum Gasteiger partial charge on any atom is -0.360 e. The van der Waals surface area contributed by atoms with E-state index < -0.39 is 16.0 Å². The van der Waals surface area contributed by atoms with E-state index in [1.807, 2.05) is 6.07 Å². The zero-order chi connectivity index (χ0) is 17.6. The average molecular weight is 349 g/mol. The van der Waals surface area contributed by atoms with Gasteiger partial charge in [0.25, 0.3) is 16.0 Å². The van der Waals surface area contributed by atoms with Crippen molar-refractivity contribution < 1.29 is 17.8 Å². The Bertz CT molecular complexity index is 775. The Morgan fingerprint density at radius 2 is 2.00 bits per heavy atom. The van der Waals surface area contributed by atoms with Crippen LogP contribution in [0, 0.1) is 11.3 Å². The van der Waals surface area contributed by atoms with Crippen LogP contribution in [0.4, 0.5) is 5.69 Å². The first kappa shape index (κ1) is 18.0. The summed E-state index contributed by atoms with van der Waals surface area (Å²) in [5.74, 6) is -0.456. The smallest absolute Gasteiger partial charge is 0.294 e. The van der Waals surface area contributed by atoms with Crippen molar-refractivity contribution in [3.05, 3.63) is 36.0 Å². The molecule has 0 aromatic heterocycles. The van der Waals surface area contributed by atoms with Gasteiger partial charge in [-0.3, -0.25) is 9.35 Å². The molecule has 1 amide bonds. The predicted molar refractivity (Wildman–Crippen MR) is 88.6 cm³/mol. The minimum absolute atomic E-state index is 0.0888. The van der Waals surface area contributed by atoms with E-state index in [9.17, 15) is 13.2 Å². The summed E-state index contributed by atoms with van der Waals surface area (Å²) in [6.07, 6.45) is 6.34. The van der Waals surface area contributed by atoms with E-state index in [4.69, 9.17) is 9.81 Å². The SMILES string of the molecule is N#C/C(=C/Nc1cccc(S(=O)(=O)O)c1)C(=O)NC1CCCCC1. The monoisotopic (exact) mass is 349 g/mol. The number of anilines is 1. The molecule has 3 N–H and O–H groups in total. The van der Waals surface area contributed by atoms with Crippen LogP contribution < -0.4 is 10.6 Å². The maximum atomic E-state index is 12.1. The molecule has 0 atom stereocenters. The lowest BCUT2D eigenvalue weighted by Crippen LogP contribution is -2.37. The van der Waals surface area contributed by atoms with Crippen LogP contribution in [0.5, 0.6) is 0 Å². The summed E-state index contributed by atoms with van der Waals surface area (Å²) < 4.78 is 31.2. The lowest BCUT2D eigenvalue weighted by molar-refractivity contribution is -0.118. The van der Waals surface area contributed by atoms with Crippen LogP contribution in [0.25, 0.3) is 0 Å². The highest BCUT2D eigenvalue weighted by molar-refractivity contribution is 7.85. The first-order valence-electron chi connectivity index (χ1n) is 7.65. The first-order chi connectivity index (χ1) is 11.4. The second-order valence-corrected chi connectivity index (χ2v) is 7.05. The summed E-state index contributed by atoms with van der Waals surface area (Å²) in [7, 11) is -4.31. The van der Waals surface area contributed by atoms with Crippen molar-refractivity contribution in [3.8, 4) is 6.07 Å². The van der Waals surface area contributed by atoms with Gasteiger partial charge in [0.2, 0.25) is 0 Å². The summed E-state index contributed by atoms with van der Waals surface area (Å²) >= 11 is 0. The normalized spacial score (nSPS) is 16.2. The molecule has 1 aromatic carbocycles. The number of carbonyl (C=O) groups excluding carboxylic acids is 1. The quantitative estimate of drug-likeness (QED) is 0.426. The Labute approximate surface area is 141 Å². The standard InChI is InChI=1S/C16H19N3O4S/c17-10-12(16(20)19-13-5-2-1-3-6-13)11-18-14-7-4-8-15(9-14)24(21,22)23/h4,7-9,11,13,18H,1-3,5-6H2,(H,19,20)(H,21,22,23)/b12-11-. The molecule has 0 unspecified atom stereocenters. The van der Waals surface area contributed by atoms with Crippen LogP contribution in [0.15, 0.2) is 40.9 Å². The van der Waals surface area contributed by atoms with Gasteiger partial charge in [0, 0.05) is 17.9 Å². The second kappa shape index (κ2) is 7.95. The van der Waals surface area contributed by atoms with Gasteiger partial charge < -0.3 is 10.6 Å². The van der Waals surface area contributed by atoms with E-state index >= 15 is 0 Å². The Balaban J connectivity index is 2.05. The number of hydrogen-bond donors (Lipinski definition) is 3. The summed E-state index contributed by atoms with van der Waals surface area (Å²) in [6.45, 7) is 0. The zero-order valence-corrected chi connectivity index (χ0v) is 13.8. The Morgan fingerprint density at radius 1 is 1.29 bits per heavy atom. The van der Waals surface area contributed by atoms with Gasteiger partial charge in [-0.15, -0.1) is 0 Å². The molecule has 24 heavy (non-hydrogen) atoms. The van der Waals surface area contributed by atoms with E-state index in [2.05, 4.69) is 10.6 Å². The fourth-order valence-corrected chi connectivity index (χ4v) is 3.09. The van der Waals surface area contributed by atoms with E-state index in [1.54, 1.807) is 6.07 Å². The molecule has 8 heteroatoms. The largest absolute Gasteiger partial charge is 0.360 e. The maximum absolute atomic E-state index is 12.1. The molecule has 0 heterocycles. The molecular weight excluding hydrogens is 330 g/mol. The Morgan fingerprint density at radius 3 is 2.62 bits per heavy atom. The number of rotatable bonds is 5. The predicted octanol–water partition coefficient (Wildman–Crippen LogP) is 2.20. The van der Waals surface area contributed by atoms with Gasteiger partial charge in [0.05, 0.1) is 4.90 Å². The van der Waals surface area contributed by atoms with Crippen LogP contribution in [0.1, 0.15) is 32.1 Å². The van der Waals surface area contributed by atoms with Crippen LogP contribution in [0.3, 0.4) is 0 Å². The number of nitrogens with zero attached hydrogens (tertiary/aromatic N) is 1. The van der Waals surface area contributed by atoms with Crippen molar-refractivity contribution >= 4 is 21.7 Å². The number of amides is 1. The van der Waals surface area contributed by atoms with Gasteiger partial charge >= 0.3 is 0 Å². The van der Waals surface area contributed by atoms with Crippen molar-refractivity contribution in [2.24, 2.45) is 0 Å². The van der Waals surface area contributed by atoms with Crippen LogP contribution >= 0.6 is 0 Å². The van der Waals surface area contributed by atoms with Crippen molar-refractivity contribution in [1.29, 1.82) is 5.26 Å². The summed E-state index contributed by atoms with van der Waals surface area (Å²) in [6, 6.07) is 7.36. The number of nitriles is 1. The van der Waals surface area contributed by atoms with E-state index in [0.29, 0.717) is 5.69 Å². The van der Waals surface area contributed by atoms with E-state index in [0.717, 1.165) is 25.7 Å². The third-order valence-electron chi connectivity index (χ3n) is 3.82. The highest BCUT2D eigenvalue weighted by Crippen LogP contribution is 2.18. The third kappa shape index (κ3) is 5.08. The van der Waals surface area contributed by atoms with Crippen LogP contribution in [0.2, 0.25) is 0 Å². The first-order valence-corrected chi connectivity index (χ1v) is 9.09. The number of nitrogens with one attached hydrogen (secondary N) is 2. The van der Waals surface area contributed by atoms with Gasteiger partial charge in [-0.05, 0) is 31.0 Å². The molecule has 1 aliphatic carbocycles. The molecule has 2 rings (SSSR count). The van der Waals surface area contributed by atoms with Gasteiger partial charge in [0.15, 0.2) is 0 Å². The number of hydrogen-bond acceptors (Lipinski definition) is 5. The molecule has 1 aliphatic rings. The van der Waals surface area contributed by atoms with E-state index in [-0.39, 0.29) is 16.5 Å². The third-order valence-corrected chi connectivity index (χ3v) is 4.67. The van der Waals surface area contributed by atoms with Crippen molar-refractivity contribution in [2.45, 2.75) is 43.0 Å². The summed E-state index contributed by atoms with van der Waals surface area (Å²) in [5, 5.41) is 14.7. The van der Waals surface area contributed by atoms with Crippen LogP contribution in [-0.2, 0) is 14.9 Å². The molecule has 1 aromatic rings. The van der Waals surface area contributed by atoms with Gasteiger partial charge in [0.1, 0.15) is 11.6 Å². The lowest BCUT2D eigenvalue weighted by atomic mass is 9.95. The molecule has 1 saturated carbocycles. The van der Waals surface area contributed by atoms with Crippen molar-refractivity contribution in [2.75, 3.05) is 5.32 Å². The molecule has 0 radical (unpaired) electrons. The fraction of sp³-hybridized carbons (Fsp3) is 0.375. The molecule has 1 fully saturated rings. The molecule has 128 valence electrons. The highest BCUT2D eigenvalue weighted by Gasteiger charge is 2.18. The molecule has 0 saturated heterocycles. The van der Waals surface area contributed by atoms with Gasteiger partial charge in [-0.2, -0.15) is 13.7 Å². The zero-order valence-electron chi connectivity index (χ0n) is 13.0. The van der Waals surface area contributed by atoms with Crippen molar-refractivity contribution in [3.63, 3.8) is 0 Å². The van der Waals surface area contributed by atoms with Crippen molar-refractivity contribution in [1.82, 2.24) is 5.32 Å². The Hall–Kier alpha value is -2.37. The second-order valence-electron chi connectivity index (χ2n) is 5.63. The van der Waals surface area contributed by atoms with Gasteiger partial charge in [-0.25, -0.2) is 0 Å². The summed E-state index contributed by atoms with van der Waals surface area (Å²) in [4.78, 5) is 11.8. The topological polar surface area (TPSA) is 119 Å². The lowest BCUT2D eigenvalue weighted by Gasteiger charge is -2.22. The number of carbonyl (C=O) groups is 1. The average Bonchev–Trinajstić information content (AvgIpc) is 2.56. The number of benzene rings is 1. The molecule has 0 aliphatic heterocycles. The highest BCUT2D eigenvalue weighted by atomic mass is 32.2. The molecule has 0 bridgehead atoms. The maximum Gasteiger partial charge on any atom is 0.294 e.